The average Bonchev–Trinajstić information content (AvgIpc) is 2.87. The van der Waals surface area contributed by atoms with Gasteiger partial charge in [0.2, 0.25) is 0 Å². The standard InChI is InChI=1S/C15H17Cl2N3O/c1-15(2,3)14(20-9-18-8-19-20)7-13(21)11-5-4-10(16)6-12(11)17/h4-6,8-9,14H,7H2,1-3H3. The highest BCUT2D eigenvalue weighted by molar-refractivity contribution is 6.36. The number of rotatable bonds is 4. The molecule has 1 aromatic carbocycles. The maximum absolute atomic E-state index is 12.5. The van der Waals surface area contributed by atoms with E-state index in [1.165, 1.54) is 6.33 Å². The van der Waals surface area contributed by atoms with Crippen molar-refractivity contribution in [1.82, 2.24) is 14.8 Å². The number of aromatic nitrogens is 3. The summed E-state index contributed by atoms with van der Waals surface area (Å²) in [6.45, 7) is 6.20. The molecule has 1 atom stereocenters. The van der Waals surface area contributed by atoms with Crippen LogP contribution in [0.4, 0.5) is 0 Å². The molecule has 0 aliphatic carbocycles. The molecule has 0 aliphatic rings. The first-order chi connectivity index (χ1) is 9.79. The lowest BCUT2D eigenvalue weighted by Crippen LogP contribution is -2.27. The van der Waals surface area contributed by atoms with E-state index in [0.29, 0.717) is 22.0 Å². The lowest BCUT2D eigenvalue weighted by atomic mass is 9.83. The first kappa shape index (κ1) is 16.0. The molecular weight excluding hydrogens is 309 g/mol. The first-order valence-electron chi connectivity index (χ1n) is 6.61. The first-order valence-corrected chi connectivity index (χ1v) is 7.37. The average molecular weight is 326 g/mol. The molecule has 1 aromatic heterocycles. The van der Waals surface area contributed by atoms with E-state index in [4.69, 9.17) is 23.2 Å². The van der Waals surface area contributed by atoms with Gasteiger partial charge < -0.3 is 0 Å². The van der Waals surface area contributed by atoms with Gasteiger partial charge >= 0.3 is 0 Å². The monoisotopic (exact) mass is 325 g/mol. The summed E-state index contributed by atoms with van der Waals surface area (Å²) in [6, 6.07) is 4.81. The van der Waals surface area contributed by atoms with Crippen LogP contribution in [-0.2, 0) is 0 Å². The highest BCUT2D eigenvalue weighted by Crippen LogP contribution is 2.34. The molecule has 2 aromatic rings. The second-order valence-electron chi connectivity index (χ2n) is 6.01. The van der Waals surface area contributed by atoms with E-state index < -0.39 is 0 Å². The summed E-state index contributed by atoms with van der Waals surface area (Å²) in [5, 5.41) is 5.05. The van der Waals surface area contributed by atoms with E-state index in [0.717, 1.165) is 0 Å². The Hall–Kier alpha value is -1.39. The SMILES string of the molecule is CC(C)(C)C(CC(=O)c1ccc(Cl)cc1Cl)n1cncn1. The van der Waals surface area contributed by atoms with Crippen LogP contribution in [0.2, 0.25) is 10.0 Å². The molecule has 0 fully saturated rings. The van der Waals surface area contributed by atoms with Crippen LogP contribution in [0.5, 0.6) is 0 Å². The highest BCUT2D eigenvalue weighted by atomic mass is 35.5. The van der Waals surface area contributed by atoms with Crippen molar-refractivity contribution in [3.8, 4) is 0 Å². The van der Waals surface area contributed by atoms with E-state index >= 15 is 0 Å². The van der Waals surface area contributed by atoms with E-state index in [1.54, 1.807) is 29.2 Å². The van der Waals surface area contributed by atoms with E-state index in [2.05, 4.69) is 30.9 Å². The smallest absolute Gasteiger partial charge is 0.166 e. The molecule has 112 valence electrons. The molecule has 1 heterocycles. The van der Waals surface area contributed by atoms with E-state index in [-0.39, 0.29) is 17.2 Å². The van der Waals surface area contributed by atoms with Crippen molar-refractivity contribution < 1.29 is 4.79 Å². The number of ketones is 1. The van der Waals surface area contributed by atoms with Gasteiger partial charge in [-0.3, -0.25) is 4.79 Å². The third kappa shape index (κ3) is 3.83. The molecule has 0 bridgehead atoms. The Bertz CT molecular complexity index is 633. The lowest BCUT2D eigenvalue weighted by molar-refractivity contribution is 0.0913. The minimum Gasteiger partial charge on any atom is -0.294 e. The van der Waals surface area contributed by atoms with Crippen LogP contribution in [-0.4, -0.2) is 20.5 Å². The molecule has 0 amide bonds. The molecule has 1 unspecified atom stereocenters. The third-order valence-corrected chi connectivity index (χ3v) is 3.91. The van der Waals surface area contributed by atoms with Crippen molar-refractivity contribution in [3.63, 3.8) is 0 Å². The summed E-state index contributed by atoms with van der Waals surface area (Å²) in [6.07, 6.45) is 3.40. The Morgan fingerprint density at radius 2 is 2.05 bits per heavy atom. The normalized spacial score (nSPS) is 13.2. The molecule has 0 saturated carbocycles. The van der Waals surface area contributed by atoms with Gasteiger partial charge in [-0.2, -0.15) is 5.10 Å². The van der Waals surface area contributed by atoms with Crippen LogP contribution in [0.25, 0.3) is 0 Å². The van der Waals surface area contributed by atoms with Crippen LogP contribution in [0.3, 0.4) is 0 Å². The Labute approximate surface area is 134 Å². The largest absolute Gasteiger partial charge is 0.294 e. The van der Waals surface area contributed by atoms with Gasteiger partial charge in [0.15, 0.2) is 5.78 Å². The fourth-order valence-electron chi connectivity index (χ4n) is 2.18. The summed E-state index contributed by atoms with van der Waals surface area (Å²) in [7, 11) is 0. The van der Waals surface area contributed by atoms with Crippen molar-refractivity contribution in [2.75, 3.05) is 0 Å². The van der Waals surface area contributed by atoms with Crippen molar-refractivity contribution in [3.05, 3.63) is 46.5 Å². The molecule has 21 heavy (non-hydrogen) atoms. The molecular formula is C15H17Cl2N3O. The van der Waals surface area contributed by atoms with Crippen LogP contribution in [0.15, 0.2) is 30.9 Å². The minimum absolute atomic E-state index is 0.0351. The zero-order chi connectivity index (χ0) is 15.6. The Morgan fingerprint density at radius 3 is 2.57 bits per heavy atom. The van der Waals surface area contributed by atoms with E-state index in [1.807, 2.05) is 0 Å². The molecule has 0 N–H and O–H groups in total. The number of benzene rings is 1. The molecule has 0 saturated heterocycles. The summed E-state index contributed by atoms with van der Waals surface area (Å²) in [5.74, 6) is -0.0351. The second-order valence-corrected chi connectivity index (χ2v) is 6.85. The third-order valence-electron chi connectivity index (χ3n) is 3.37. The summed E-state index contributed by atoms with van der Waals surface area (Å²) in [5.41, 5.74) is 0.345. The van der Waals surface area contributed by atoms with Gasteiger partial charge in [0.1, 0.15) is 12.7 Å². The molecule has 0 aliphatic heterocycles. The lowest BCUT2D eigenvalue weighted by Gasteiger charge is -2.30. The fourth-order valence-corrected chi connectivity index (χ4v) is 2.69. The number of hydrogen-bond donors (Lipinski definition) is 0. The van der Waals surface area contributed by atoms with Gasteiger partial charge in [0.05, 0.1) is 11.1 Å². The van der Waals surface area contributed by atoms with Gasteiger partial charge in [-0.05, 0) is 23.6 Å². The Kier molecular flexibility index (Phi) is 4.69. The van der Waals surface area contributed by atoms with Gasteiger partial charge in [0.25, 0.3) is 0 Å². The number of hydrogen-bond acceptors (Lipinski definition) is 3. The number of carbonyl (C=O) groups is 1. The second kappa shape index (κ2) is 6.16. The van der Waals surface area contributed by atoms with Crippen LogP contribution >= 0.6 is 23.2 Å². The number of nitrogens with zero attached hydrogens (tertiary/aromatic N) is 3. The van der Waals surface area contributed by atoms with Crippen molar-refractivity contribution in [2.24, 2.45) is 5.41 Å². The predicted molar refractivity (Wildman–Crippen MR) is 83.9 cm³/mol. The van der Waals surface area contributed by atoms with Gasteiger partial charge in [0, 0.05) is 17.0 Å². The Morgan fingerprint density at radius 1 is 1.33 bits per heavy atom. The fraction of sp³-hybridized carbons (Fsp3) is 0.400. The van der Waals surface area contributed by atoms with Crippen molar-refractivity contribution in [1.29, 1.82) is 0 Å². The molecule has 0 radical (unpaired) electrons. The molecule has 0 spiro atoms. The molecule has 2 rings (SSSR count). The number of halogens is 2. The van der Waals surface area contributed by atoms with Crippen molar-refractivity contribution >= 4 is 29.0 Å². The van der Waals surface area contributed by atoms with Crippen molar-refractivity contribution in [2.45, 2.75) is 33.2 Å². The minimum atomic E-state index is -0.137. The zero-order valence-electron chi connectivity index (χ0n) is 12.2. The van der Waals surface area contributed by atoms with Crippen LogP contribution in [0.1, 0.15) is 43.6 Å². The van der Waals surface area contributed by atoms with Gasteiger partial charge in [-0.15, -0.1) is 0 Å². The van der Waals surface area contributed by atoms with E-state index in [9.17, 15) is 4.79 Å². The number of carbonyl (C=O) groups excluding carboxylic acids is 1. The highest BCUT2D eigenvalue weighted by Gasteiger charge is 2.30. The maximum Gasteiger partial charge on any atom is 0.166 e. The van der Waals surface area contributed by atoms with Crippen LogP contribution < -0.4 is 0 Å². The van der Waals surface area contributed by atoms with Gasteiger partial charge in [-0.25, -0.2) is 9.67 Å². The summed E-state index contributed by atoms with van der Waals surface area (Å²) >= 11 is 12.0. The summed E-state index contributed by atoms with van der Waals surface area (Å²) in [4.78, 5) is 16.5. The number of Topliss-reactive ketones (excluding diaryl/α,β-unsaturated/α-hetero) is 1. The predicted octanol–water partition coefficient (Wildman–Crippen LogP) is 4.45. The quantitative estimate of drug-likeness (QED) is 0.780. The Balaban J connectivity index is 2.27. The maximum atomic E-state index is 12.5. The molecule has 6 heteroatoms. The molecule has 4 nitrogen and oxygen atoms in total. The van der Waals surface area contributed by atoms with Crippen LogP contribution in [0, 0.1) is 5.41 Å². The summed E-state index contributed by atoms with van der Waals surface area (Å²) < 4.78 is 1.72. The van der Waals surface area contributed by atoms with Gasteiger partial charge in [-0.1, -0.05) is 44.0 Å². The zero-order valence-corrected chi connectivity index (χ0v) is 13.7. The topological polar surface area (TPSA) is 47.8 Å².